The smallest absolute Gasteiger partial charge is 0.272 e. The third kappa shape index (κ3) is 3.39. The van der Waals surface area contributed by atoms with E-state index in [1.807, 2.05) is 56.3 Å². The molecule has 5 rings (SSSR count). The minimum Gasteiger partial charge on any atom is -0.508 e. The Morgan fingerprint density at radius 1 is 1.12 bits per heavy atom. The number of hydrogen-bond donors (Lipinski definition) is 2. The van der Waals surface area contributed by atoms with E-state index < -0.39 is 6.17 Å². The number of carbonyl (C=O) groups excluding carboxylic acids is 1. The molecule has 1 aliphatic heterocycles. The number of hydrogen-bond acceptors (Lipinski definition) is 6. The Labute approximate surface area is 190 Å². The summed E-state index contributed by atoms with van der Waals surface area (Å²) in [5.74, 6) is 0.103. The molecular weight excluding hydrogens is 422 g/mol. The highest BCUT2D eigenvalue weighted by atomic mass is 32.1. The van der Waals surface area contributed by atoms with Crippen LogP contribution >= 0.6 is 11.3 Å². The molecule has 0 bridgehead atoms. The van der Waals surface area contributed by atoms with Gasteiger partial charge in [-0.25, -0.2) is 4.98 Å². The first-order valence-electron chi connectivity index (χ1n) is 10.3. The van der Waals surface area contributed by atoms with E-state index in [0.717, 1.165) is 44.0 Å². The summed E-state index contributed by atoms with van der Waals surface area (Å²) < 4.78 is 5.43. The Hall–Kier alpha value is -3.42. The average molecular weight is 446 g/mol. The van der Waals surface area contributed by atoms with Gasteiger partial charge in [-0.2, -0.15) is 0 Å². The molecule has 3 heterocycles. The lowest BCUT2D eigenvalue weighted by molar-refractivity contribution is 0.0979. The predicted molar refractivity (Wildman–Crippen MR) is 128 cm³/mol. The van der Waals surface area contributed by atoms with E-state index in [0.29, 0.717) is 11.5 Å². The largest absolute Gasteiger partial charge is 0.508 e. The highest BCUT2D eigenvalue weighted by molar-refractivity contribution is 7.21. The summed E-state index contributed by atoms with van der Waals surface area (Å²) in [7, 11) is 1.66. The number of fused-ring (bicyclic) bond motifs is 3. The molecule has 6 nitrogen and oxygen atoms in total. The van der Waals surface area contributed by atoms with E-state index in [4.69, 9.17) is 9.72 Å². The zero-order valence-corrected chi connectivity index (χ0v) is 18.9. The maximum Gasteiger partial charge on any atom is 0.272 e. The first-order valence-corrected chi connectivity index (χ1v) is 11.2. The van der Waals surface area contributed by atoms with Gasteiger partial charge in [-0.1, -0.05) is 29.8 Å². The van der Waals surface area contributed by atoms with Gasteiger partial charge in [-0.15, -0.1) is 11.3 Å². The van der Waals surface area contributed by atoms with Gasteiger partial charge in [0, 0.05) is 23.9 Å². The molecule has 2 N–H and O–H groups in total. The number of ether oxygens (including phenoxy) is 1. The number of phenols is 1. The number of amides is 1. The number of anilines is 2. The highest BCUT2D eigenvalue weighted by Crippen LogP contribution is 2.45. The molecule has 2 aromatic carbocycles. The fourth-order valence-electron chi connectivity index (χ4n) is 4.16. The van der Waals surface area contributed by atoms with Crippen molar-refractivity contribution in [3.63, 3.8) is 0 Å². The molecule has 1 aliphatic rings. The molecule has 0 unspecified atom stereocenters. The number of pyridine rings is 1. The molecule has 0 fully saturated rings. The van der Waals surface area contributed by atoms with Gasteiger partial charge in [0.1, 0.15) is 21.6 Å². The Kier molecular flexibility index (Phi) is 5.07. The molecule has 0 spiro atoms. The number of carbonyl (C=O) groups is 1. The van der Waals surface area contributed by atoms with Crippen molar-refractivity contribution in [1.29, 1.82) is 0 Å². The van der Waals surface area contributed by atoms with Crippen LogP contribution in [-0.2, 0) is 11.3 Å². The normalized spacial score (nSPS) is 15.7. The zero-order chi connectivity index (χ0) is 22.4. The summed E-state index contributed by atoms with van der Waals surface area (Å²) in [6.45, 7) is 4.40. The standard InChI is InChI=1S/C25H23N3O3S/c1-14-4-8-18(9-5-14)28-23(16-6-10-19(29)11-7-16)27-21-20-17(13-31-3)12-15(2)26-24(20)32-22(21)25(28)30/h4-12,23,27,29H,13H2,1-3H3/t23-/m0/s1. The van der Waals surface area contributed by atoms with Gasteiger partial charge in [-0.05, 0) is 55.3 Å². The molecule has 1 atom stereocenters. The van der Waals surface area contributed by atoms with Gasteiger partial charge in [-0.3, -0.25) is 9.69 Å². The van der Waals surface area contributed by atoms with Crippen LogP contribution in [0.4, 0.5) is 11.4 Å². The molecule has 0 saturated carbocycles. The van der Waals surface area contributed by atoms with E-state index in [-0.39, 0.29) is 11.7 Å². The summed E-state index contributed by atoms with van der Waals surface area (Å²) >= 11 is 1.40. The molecular formula is C25H23N3O3S. The van der Waals surface area contributed by atoms with Crippen molar-refractivity contribution in [1.82, 2.24) is 4.98 Å². The lowest BCUT2D eigenvalue weighted by Crippen LogP contribution is -2.42. The number of nitrogens with one attached hydrogen (secondary N) is 1. The SMILES string of the molecule is COCc1cc(C)nc2sc3c(c12)N[C@H](c1ccc(O)cc1)N(c1ccc(C)cc1)C3=O. The van der Waals surface area contributed by atoms with Gasteiger partial charge in [0.2, 0.25) is 0 Å². The summed E-state index contributed by atoms with van der Waals surface area (Å²) in [6, 6.07) is 16.9. The highest BCUT2D eigenvalue weighted by Gasteiger charge is 2.37. The maximum absolute atomic E-state index is 13.9. The molecule has 0 radical (unpaired) electrons. The number of phenolic OH excluding ortho intramolecular Hbond substituents is 1. The van der Waals surface area contributed by atoms with E-state index in [1.165, 1.54) is 11.3 Å². The third-order valence-corrected chi connectivity index (χ3v) is 6.72. The first-order chi connectivity index (χ1) is 15.5. The predicted octanol–water partition coefficient (Wildman–Crippen LogP) is 5.54. The van der Waals surface area contributed by atoms with Gasteiger partial charge in [0.25, 0.3) is 5.91 Å². The van der Waals surface area contributed by atoms with Crippen LogP contribution < -0.4 is 10.2 Å². The number of benzene rings is 2. The van der Waals surface area contributed by atoms with Crippen molar-refractivity contribution >= 4 is 38.8 Å². The van der Waals surface area contributed by atoms with Crippen LogP contribution in [0.25, 0.3) is 10.2 Å². The van der Waals surface area contributed by atoms with E-state index in [1.54, 1.807) is 24.1 Å². The summed E-state index contributed by atoms with van der Waals surface area (Å²) in [5.41, 5.74) is 5.47. The summed E-state index contributed by atoms with van der Waals surface area (Å²) in [4.78, 5) is 21.8. The Morgan fingerprint density at radius 2 is 1.84 bits per heavy atom. The number of nitrogens with zero attached hydrogens (tertiary/aromatic N) is 2. The second-order valence-electron chi connectivity index (χ2n) is 7.99. The van der Waals surface area contributed by atoms with Crippen molar-refractivity contribution in [2.75, 3.05) is 17.3 Å². The number of aryl methyl sites for hydroxylation is 2. The van der Waals surface area contributed by atoms with Crippen LogP contribution in [0.15, 0.2) is 54.6 Å². The van der Waals surface area contributed by atoms with E-state index >= 15 is 0 Å². The van der Waals surface area contributed by atoms with Crippen molar-refractivity contribution < 1.29 is 14.6 Å². The molecule has 2 aromatic heterocycles. The second kappa shape index (κ2) is 7.93. The van der Waals surface area contributed by atoms with Crippen molar-refractivity contribution in [3.8, 4) is 5.75 Å². The molecule has 1 amide bonds. The van der Waals surface area contributed by atoms with Crippen LogP contribution in [-0.4, -0.2) is 23.1 Å². The van der Waals surface area contributed by atoms with Crippen molar-refractivity contribution in [3.05, 3.63) is 81.9 Å². The van der Waals surface area contributed by atoms with Crippen LogP contribution in [0, 0.1) is 13.8 Å². The van der Waals surface area contributed by atoms with Gasteiger partial charge in [0.15, 0.2) is 0 Å². The van der Waals surface area contributed by atoms with Crippen molar-refractivity contribution in [2.24, 2.45) is 0 Å². The molecule has 0 aliphatic carbocycles. The number of rotatable bonds is 4. The number of thiophene rings is 1. The van der Waals surface area contributed by atoms with E-state index in [9.17, 15) is 9.90 Å². The summed E-state index contributed by atoms with van der Waals surface area (Å²) in [6.07, 6.45) is -0.437. The third-order valence-electron chi connectivity index (χ3n) is 5.64. The Morgan fingerprint density at radius 3 is 2.53 bits per heavy atom. The van der Waals surface area contributed by atoms with Gasteiger partial charge >= 0.3 is 0 Å². The lowest BCUT2D eigenvalue weighted by atomic mass is 10.0. The van der Waals surface area contributed by atoms with Crippen molar-refractivity contribution in [2.45, 2.75) is 26.6 Å². The number of aromatic nitrogens is 1. The molecule has 162 valence electrons. The molecule has 32 heavy (non-hydrogen) atoms. The number of aromatic hydroxyl groups is 1. The fourth-order valence-corrected chi connectivity index (χ4v) is 5.33. The topological polar surface area (TPSA) is 74.7 Å². The van der Waals surface area contributed by atoms with Crippen LogP contribution in [0.1, 0.15) is 38.2 Å². The first kappa shape index (κ1) is 20.5. The number of methoxy groups -OCH3 is 1. The molecule has 7 heteroatoms. The maximum atomic E-state index is 13.9. The van der Waals surface area contributed by atoms with Crippen LogP contribution in [0.3, 0.4) is 0 Å². The monoisotopic (exact) mass is 445 g/mol. The average Bonchev–Trinajstić information content (AvgIpc) is 3.14. The fraction of sp³-hybridized carbons (Fsp3) is 0.200. The lowest BCUT2D eigenvalue weighted by Gasteiger charge is -2.37. The molecule has 0 saturated heterocycles. The van der Waals surface area contributed by atoms with Gasteiger partial charge in [0.05, 0.1) is 12.3 Å². The minimum absolute atomic E-state index is 0.0790. The Balaban J connectivity index is 1.72. The zero-order valence-electron chi connectivity index (χ0n) is 18.0. The van der Waals surface area contributed by atoms with Crippen LogP contribution in [0.2, 0.25) is 0 Å². The van der Waals surface area contributed by atoms with Gasteiger partial charge < -0.3 is 15.2 Å². The second-order valence-corrected chi connectivity index (χ2v) is 8.99. The Bertz CT molecular complexity index is 1310. The van der Waals surface area contributed by atoms with Crippen LogP contribution in [0.5, 0.6) is 5.75 Å². The quantitative estimate of drug-likeness (QED) is 0.432. The summed E-state index contributed by atoms with van der Waals surface area (Å²) in [5, 5.41) is 14.3. The van der Waals surface area contributed by atoms with E-state index in [2.05, 4.69) is 5.32 Å². The minimum atomic E-state index is -0.437. The molecule has 4 aromatic rings.